The Bertz CT molecular complexity index is 931. The van der Waals surface area contributed by atoms with E-state index in [1.54, 1.807) is 35.1 Å². The number of para-hydroxylation sites is 1. The van der Waals surface area contributed by atoms with E-state index in [1.807, 2.05) is 24.3 Å². The van der Waals surface area contributed by atoms with Crippen LogP contribution in [-0.2, 0) is 11.2 Å². The summed E-state index contributed by atoms with van der Waals surface area (Å²) in [4.78, 5) is 23.4. The van der Waals surface area contributed by atoms with Crippen molar-refractivity contribution >= 4 is 28.5 Å². The Morgan fingerprint density at radius 3 is 2.48 bits per heavy atom. The Morgan fingerprint density at radius 1 is 1.12 bits per heavy atom. The first kappa shape index (κ1) is 16.5. The Hall–Kier alpha value is -3.32. The quantitative estimate of drug-likeness (QED) is 0.526. The number of nitrogens with zero attached hydrogens (tertiary/aromatic N) is 1. The fraction of sp³-hybridized carbons (Fsp3) is 0.111. The molecule has 0 unspecified atom stereocenters. The zero-order valence-electron chi connectivity index (χ0n) is 13.3. The number of hydrogen-bond donors (Lipinski definition) is 4. The second-order valence-electron chi connectivity index (χ2n) is 5.75. The summed E-state index contributed by atoms with van der Waals surface area (Å²) in [7, 11) is 0. The van der Waals surface area contributed by atoms with Crippen LogP contribution in [0.3, 0.4) is 0 Å². The molecule has 0 aliphatic carbocycles. The van der Waals surface area contributed by atoms with Crippen molar-refractivity contribution in [1.29, 1.82) is 0 Å². The molecule has 2 aromatic carbocycles. The highest BCUT2D eigenvalue weighted by Crippen LogP contribution is 2.22. The Labute approximate surface area is 143 Å². The van der Waals surface area contributed by atoms with Gasteiger partial charge < -0.3 is 16.6 Å². The Kier molecular flexibility index (Phi) is 4.40. The van der Waals surface area contributed by atoms with Crippen LogP contribution in [0.2, 0.25) is 0 Å². The maximum absolute atomic E-state index is 12.4. The summed E-state index contributed by atoms with van der Waals surface area (Å²) in [5.41, 5.74) is 16.6. The van der Waals surface area contributed by atoms with Crippen molar-refractivity contribution in [3.63, 3.8) is 0 Å². The van der Waals surface area contributed by atoms with Crippen molar-refractivity contribution in [2.24, 2.45) is 5.73 Å². The van der Waals surface area contributed by atoms with Crippen LogP contribution < -0.4 is 16.9 Å². The number of carbonyl (C=O) groups is 2. The molecule has 0 spiro atoms. The van der Waals surface area contributed by atoms with E-state index in [2.05, 4.69) is 5.43 Å². The lowest BCUT2D eigenvalue weighted by molar-refractivity contribution is -0.138. The number of benzene rings is 2. The van der Waals surface area contributed by atoms with Gasteiger partial charge in [-0.05, 0) is 35.9 Å². The van der Waals surface area contributed by atoms with Crippen LogP contribution in [0.15, 0.2) is 54.7 Å². The first-order valence-corrected chi connectivity index (χ1v) is 7.70. The second kappa shape index (κ2) is 6.66. The molecular weight excluding hydrogens is 320 g/mol. The van der Waals surface area contributed by atoms with E-state index < -0.39 is 12.0 Å². The number of nitrogen functional groups attached to an aromatic ring is 1. The van der Waals surface area contributed by atoms with Gasteiger partial charge >= 0.3 is 5.97 Å². The summed E-state index contributed by atoms with van der Waals surface area (Å²) >= 11 is 0. The van der Waals surface area contributed by atoms with Gasteiger partial charge in [0.05, 0.1) is 5.52 Å². The van der Waals surface area contributed by atoms with Crippen LogP contribution in [0.4, 0.5) is 5.69 Å². The molecule has 0 fully saturated rings. The summed E-state index contributed by atoms with van der Waals surface area (Å²) < 4.78 is 1.58. The first-order chi connectivity index (χ1) is 12.0. The topological polar surface area (TPSA) is 123 Å². The van der Waals surface area contributed by atoms with Crippen LogP contribution >= 0.6 is 0 Å². The minimum Gasteiger partial charge on any atom is -0.480 e. The molecular formula is C18H18N4O3. The predicted molar refractivity (Wildman–Crippen MR) is 95.8 cm³/mol. The zero-order valence-corrected chi connectivity index (χ0v) is 13.3. The van der Waals surface area contributed by atoms with Gasteiger partial charge in [0.2, 0.25) is 0 Å². The molecule has 3 aromatic rings. The second-order valence-corrected chi connectivity index (χ2v) is 5.75. The van der Waals surface area contributed by atoms with Crippen LogP contribution in [-0.4, -0.2) is 27.7 Å². The number of anilines is 1. The predicted octanol–water partition coefficient (Wildman–Crippen LogP) is 1.56. The van der Waals surface area contributed by atoms with Gasteiger partial charge in [-0.1, -0.05) is 18.2 Å². The molecule has 1 amide bonds. The molecule has 7 nitrogen and oxygen atoms in total. The molecule has 128 valence electrons. The third-order valence-corrected chi connectivity index (χ3v) is 3.95. The molecule has 25 heavy (non-hydrogen) atoms. The molecule has 0 radical (unpaired) electrons. The van der Waals surface area contributed by atoms with E-state index in [9.17, 15) is 9.59 Å². The van der Waals surface area contributed by atoms with Gasteiger partial charge in [0.25, 0.3) is 5.91 Å². The van der Waals surface area contributed by atoms with Gasteiger partial charge in [-0.3, -0.25) is 19.7 Å². The monoisotopic (exact) mass is 338 g/mol. The average molecular weight is 338 g/mol. The van der Waals surface area contributed by atoms with E-state index in [0.29, 0.717) is 11.3 Å². The van der Waals surface area contributed by atoms with Crippen molar-refractivity contribution in [3.05, 3.63) is 65.9 Å². The number of carboxylic acids is 1. The fourth-order valence-electron chi connectivity index (χ4n) is 2.64. The zero-order chi connectivity index (χ0) is 18.0. The summed E-state index contributed by atoms with van der Waals surface area (Å²) in [5, 5.41) is 9.87. The highest BCUT2D eigenvalue weighted by Gasteiger charge is 2.17. The highest BCUT2D eigenvalue weighted by molar-refractivity contribution is 6.01. The third-order valence-electron chi connectivity index (χ3n) is 3.95. The molecule has 7 heteroatoms. The summed E-state index contributed by atoms with van der Waals surface area (Å²) in [6.07, 6.45) is 1.86. The van der Waals surface area contributed by atoms with Crippen molar-refractivity contribution in [2.75, 3.05) is 11.2 Å². The first-order valence-electron chi connectivity index (χ1n) is 7.70. The molecule has 0 aliphatic heterocycles. The molecule has 0 bridgehead atoms. The number of nitrogens with one attached hydrogen (secondary N) is 1. The number of nitrogens with two attached hydrogens (primary N) is 2. The maximum atomic E-state index is 12.4. The van der Waals surface area contributed by atoms with Crippen LogP contribution in [0.25, 0.3) is 10.9 Å². The fourth-order valence-corrected chi connectivity index (χ4v) is 2.64. The lowest BCUT2D eigenvalue weighted by Gasteiger charge is -2.08. The average Bonchev–Trinajstić information content (AvgIpc) is 2.93. The highest BCUT2D eigenvalue weighted by atomic mass is 16.4. The number of fused-ring (bicyclic) bond motifs is 1. The molecule has 6 N–H and O–H groups in total. The molecule has 1 heterocycles. The van der Waals surface area contributed by atoms with Gasteiger partial charge in [0.15, 0.2) is 0 Å². The minimum atomic E-state index is -1.07. The van der Waals surface area contributed by atoms with Crippen molar-refractivity contribution in [2.45, 2.75) is 12.5 Å². The van der Waals surface area contributed by atoms with E-state index in [4.69, 9.17) is 16.6 Å². The van der Waals surface area contributed by atoms with Gasteiger partial charge in [-0.2, -0.15) is 0 Å². The van der Waals surface area contributed by atoms with Crippen LogP contribution in [0.5, 0.6) is 0 Å². The molecule has 0 saturated heterocycles. The number of rotatable bonds is 5. The number of aliphatic carboxylic acids is 1. The van der Waals surface area contributed by atoms with Crippen molar-refractivity contribution in [3.8, 4) is 0 Å². The van der Waals surface area contributed by atoms with Crippen molar-refractivity contribution < 1.29 is 14.7 Å². The number of carbonyl (C=O) groups excluding carboxylic acids is 1. The SMILES string of the molecule is Nc1ccc(C(=O)Nn2cc(C[C@H](N)C(=O)O)c3ccccc32)cc1. The molecule has 0 saturated carbocycles. The Balaban J connectivity index is 1.92. The Morgan fingerprint density at radius 2 is 1.80 bits per heavy atom. The van der Waals surface area contributed by atoms with Gasteiger partial charge in [0.1, 0.15) is 6.04 Å². The van der Waals surface area contributed by atoms with Gasteiger partial charge in [-0.15, -0.1) is 0 Å². The molecule has 0 aliphatic rings. The summed E-state index contributed by atoms with van der Waals surface area (Å²) in [5.74, 6) is -1.36. The van der Waals surface area contributed by atoms with Gasteiger partial charge in [0, 0.05) is 29.3 Å². The van der Waals surface area contributed by atoms with Crippen molar-refractivity contribution in [1.82, 2.24) is 4.68 Å². The lowest BCUT2D eigenvalue weighted by Crippen LogP contribution is -2.32. The minimum absolute atomic E-state index is 0.167. The lowest BCUT2D eigenvalue weighted by atomic mass is 10.1. The standard InChI is InChI=1S/C18H18N4O3/c19-13-7-5-11(6-8-13)17(23)21-22-10-12(9-15(20)18(24)25)14-3-1-2-4-16(14)22/h1-8,10,15H,9,19-20H2,(H,21,23)(H,24,25)/t15-/m0/s1. The molecule has 1 atom stereocenters. The largest absolute Gasteiger partial charge is 0.480 e. The molecule has 1 aromatic heterocycles. The number of aromatic nitrogens is 1. The van der Waals surface area contributed by atoms with E-state index in [1.165, 1.54) is 0 Å². The van der Waals surface area contributed by atoms with Gasteiger partial charge in [-0.25, -0.2) is 0 Å². The van der Waals surface area contributed by atoms with E-state index in [0.717, 1.165) is 16.5 Å². The third kappa shape index (κ3) is 3.46. The normalized spacial score (nSPS) is 12.0. The van der Waals surface area contributed by atoms with Crippen LogP contribution in [0, 0.1) is 0 Å². The molecule has 3 rings (SSSR count). The number of amides is 1. The maximum Gasteiger partial charge on any atom is 0.320 e. The van der Waals surface area contributed by atoms with E-state index in [-0.39, 0.29) is 12.3 Å². The number of carboxylic acid groups (broad SMARTS) is 1. The summed E-state index contributed by atoms with van der Waals surface area (Å²) in [6.45, 7) is 0. The summed E-state index contributed by atoms with van der Waals surface area (Å²) in [6, 6.07) is 13.0. The number of hydrogen-bond acceptors (Lipinski definition) is 4. The van der Waals surface area contributed by atoms with Crippen LogP contribution in [0.1, 0.15) is 15.9 Å². The smallest absolute Gasteiger partial charge is 0.320 e. The van der Waals surface area contributed by atoms with E-state index >= 15 is 0 Å².